The summed E-state index contributed by atoms with van der Waals surface area (Å²) in [5.74, 6) is 0. The maximum Gasteiger partial charge on any atom is 0.177 e. The summed E-state index contributed by atoms with van der Waals surface area (Å²) in [6, 6.07) is 0.705. The SMILES string of the molecule is Cc1n[c]n(C2CCC2)c1C. The summed E-state index contributed by atoms with van der Waals surface area (Å²) >= 11 is 0. The van der Waals surface area contributed by atoms with Crippen molar-refractivity contribution in [2.24, 2.45) is 0 Å². The molecule has 0 bridgehead atoms. The Morgan fingerprint density at radius 1 is 1.45 bits per heavy atom. The fourth-order valence-electron chi connectivity index (χ4n) is 1.46. The van der Waals surface area contributed by atoms with Gasteiger partial charge in [-0.1, -0.05) is 0 Å². The zero-order valence-electron chi connectivity index (χ0n) is 7.09. The van der Waals surface area contributed by atoms with E-state index in [2.05, 4.69) is 22.8 Å². The third-order valence-electron chi connectivity index (χ3n) is 2.65. The second-order valence-electron chi connectivity index (χ2n) is 3.34. The summed E-state index contributed by atoms with van der Waals surface area (Å²) in [5, 5.41) is 0. The van der Waals surface area contributed by atoms with Gasteiger partial charge in [-0.2, -0.15) is 0 Å². The monoisotopic (exact) mass is 149 g/mol. The van der Waals surface area contributed by atoms with Crippen molar-refractivity contribution in [1.82, 2.24) is 9.55 Å². The minimum absolute atomic E-state index is 0.705. The van der Waals surface area contributed by atoms with Crippen LogP contribution in [0.25, 0.3) is 0 Å². The molecule has 1 heterocycles. The number of aromatic nitrogens is 2. The van der Waals surface area contributed by atoms with Gasteiger partial charge < -0.3 is 4.57 Å². The second-order valence-corrected chi connectivity index (χ2v) is 3.34. The Morgan fingerprint density at radius 3 is 2.55 bits per heavy atom. The van der Waals surface area contributed by atoms with Gasteiger partial charge in [0.15, 0.2) is 6.33 Å². The minimum Gasteiger partial charge on any atom is -0.322 e. The van der Waals surface area contributed by atoms with Crippen LogP contribution in [0.15, 0.2) is 0 Å². The van der Waals surface area contributed by atoms with Crippen molar-refractivity contribution in [2.75, 3.05) is 0 Å². The van der Waals surface area contributed by atoms with E-state index in [9.17, 15) is 0 Å². The van der Waals surface area contributed by atoms with Crippen LogP contribution in [0.1, 0.15) is 36.7 Å². The molecule has 0 saturated heterocycles. The van der Waals surface area contributed by atoms with Gasteiger partial charge in [0.1, 0.15) is 0 Å². The van der Waals surface area contributed by atoms with E-state index in [0.717, 1.165) is 5.69 Å². The van der Waals surface area contributed by atoms with Crippen molar-refractivity contribution in [3.05, 3.63) is 17.7 Å². The second kappa shape index (κ2) is 2.36. The molecule has 0 spiro atoms. The molecule has 0 aliphatic heterocycles. The molecule has 11 heavy (non-hydrogen) atoms. The van der Waals surface area contributed by atoms with Gasteiger partial charge in [0.05, 0.1) is 5.69 Å². The summed E-state index contributed by atoms with van der Waals surface area (Å²) in [6.07, 6.45) is 7.04. The first-order valence-electron chi connectivity index (χ1n) is 4.22. The fraction of sp³-hybridized carbons (Fsp3) is 0.667. The van der Waals surface area contributed by atoms with Crippen molar-refractivity contribution in [2.45, 2.75) is 39.2 Å². The highest BCUT2D eigenvalue weighted by atomic mass is 15.1. The van der Waals surface area contributed by atoms with E-state index in [0.29, 0.717) is 6.04 Å². The molecule has 1 aliphatic carbocycles. The topological polar surface area (TPSA) is 17.8 Å². The highest BCUT2D eigenvalue weighted by Gasteiger charge is 2.21. The Kier molecular flexibility index (Phi) is 1.48. The van der Waals surface area contributed by atoms with Gasteiger partial charge in [0.25, 0.3) is 0 Å². The molecule has 2 nitrogen and oxygen atoms in total. The van der Waals surface area contributed by atoms with Crippen LogP contribution in [0.3, 0.4) is 0 Å². The molecule has 2 heteroatoms. The van der Waals surface area contributed by atoms with Gasteiger partial charge in [-0.05, 0) is 33.1 Å². The van der Waals surface area contributed by atoms with Crippen molar-refractivity contribution >= 4 is 0 Å². The Morgan fingerprint density at radius 2 is 2.18 bits per heavy atom. The van der Waals surface area contributed by atoms with E-state index < -0.39 is 0 Å². The first-order valence-corrected chi connectivity index (χ1v) is 4.22. The van der Waals surface area contributed by atoms with Crippen LogP contribution >= 0.6 is 0 Å². The molecule has 1 radical (unpaired) electrons. The van der Waals surface area contributed by atoms with E-state index in [4.69, 9.17) is 0 Å². The average molecular weight is 149 g/mol. The Bertz CT molecular complexity index is 259. The molecule has 1 aromatic rings. The van der Waals surface area contributed by atoms with Gasteiger partial charge in [-0.25, -0.2) is 4.98 Å². The van der Waals surface area contributed by atoms with E-state index >= 15 is 0 Å². The van der Waals surface area contributed by atoms with E-state index in [-0.39, 0.29) is 0 Å². The summed E-state index contributed by atoms with van der Waals surface area (Å²) in [5.41, 5.74) is 2.41. The lowest BCUT2D eigenvalue weighted by Gasteiger charge is -2.27. The lowest BCUT2D eigenvalue weighted by Crippen LogP contribution is -2.17. The Labute approximate surface area is 67.3 Å². The molecule has 1 saturated carbocycles. The molecular formula is C9H13N2. The van der Waals surface area contributed by atoms with Crippen LogP contribution in [0, 0.1) is 20.2 Å². The van der Waals surface area contributed by atoms with Gasteiger partial charge in [0, 0.05) is 11.7 Å². The zero-order valence-corrected chi connectivity index (χ0v) is 7.09. The Hall–Kier alpha value is -0.790. The van der Waals surface area contributed by atoms with Crippen LogP contribution < -0.4 is 0 Å². The molecular weight excluding hydrogens is 136 g/mol. The summed E-state index contributed by atoms with van der Waals surface area (Å²) in [6.45, 7) is 4.16. The largest absolute Gasteiger partial charge is 0.322 e. The van der Waals surface area contributed by atoms with E-state index in [1.807, 2.05) is 6.92 Å². The highest BCUT2D eigenvalue weighted by Crippen LogP contribution is 2.32. The lowest BCUT2D eigenvalue weighted by molar-refractivity contribution is 0.307. The summed E-state index contributed by atoms with van der Waals surface area (Å²) in [7, 11) is 0. The third-order valence-corrected chi connectivity index (χ3v) is 2.65. The maximum atomic E-state index is 4.16. The smallest absolute Gasteiger partial charge is 0.177 e. The molecule has 0 unspecified atom stereocenters. The fourth-order valence-corrected chi connectivity index (χ4v) is 1.46. The number of hydrogen-bond donors (Lipinski definition) is 0. The molecule has 0 amide bonds. The standard InChI is InChI=1S/C9H13N2/c1-7-8(2)11(6-10-7)9-4-3-5-9/h9H,3-5H2,1-2H3. The minimum atomic E-state index is 0.705. The molecule has 1 fully saturated rings. The predicted octanol–water partition coefficient (Wildman–Crippen LogP) is 2.03. The Balaban J connectivity index is 2.29. The van der Waals surface area contributed by atoms with Crippen LogP contribution in [0.5, 0.6) is 0 Å². The molecule has 2 rings (SSSR count). The quantitative estimate of drug-likeness (QED) is 0.597. The number of rotatable bonds is 1. The highest BCUT2D eigenvalue weighted by molar-refractivity contribution is 5.09. The molecule has 0 aromatic carbocycles. The number of aryl methyl sites for hydroxylation is 1. The molecule has 1 aliphatic rings. The number of nitrogens with zero attached hydrogens (tertiary/aromatic N) is 2. The maximum absolute atomic E-state index is 4.16. The van der Waals surface area contributed by atoms with Gasteiger partial charge in [0.2, 0.25) is 0 Å². The van der Waals surface area contributed by atoms with Crippen molar-refractivity contribution < 1.29 is 0 Å². The molecule has 0 N–H and O–H groups in total. The van der Waals surface area contributed by atoms with E-state index in [1.54, 1.807) is 0 Å². The van der Waals surface area contributed by atoms with Crippen LogP contribution in [-0.2, 0) is 0 Å². The van der Waals surface area contributed by atoms with Crippen molar-refractivity contribution in [3.63, 3.8) is 0 Å². The first-order chi connectivity index (χ1) is 5.29. The first kappa shape index (κ1) is 6.89. The number of hydrogen-bond acceptors (Lipinski definition) is 1. The average Bonchev–Trinajstić information content (AvgIpc) is 2.15. The van der Waals surface area contributed by atoms with Crippen LogP contribution in [0.2, 0.25) is 0 Å². The van der Waals surface area contributed by atoms with Crippen molar-refractivity contribution in [1.29, 1.82) is 0 Å². The normalized spacial score (nSPS) is 18.4. The third kappa shape index (κ3) is 0.971. The van der Waals surface area contributed by atoms with Crippen molar-refractivity contribution in [3.8, 4) is 0 Å². The number of imidazole rings is 1. The van der Waals surface area contributed by atoms with Crippen LogP contribution in [-0.4, -0.2) is 9.55 Å². The predicted molar refractivity (Wildman–Crippen MR) is 43.4 cm³/mol. The summed E-state index contributed by atoms with van der Waals surface area (Å²) < 4.78 is 2.19. The summed E-state index contributed by atoms with van der Waals surface area (Å²) in [4.78, 5) is 4.16. The zero-order chi connectivity index (χ0) is 7.84. The van der Waals surface area contributed by atoms with Gasteiger partial charge >= 0.3 is 0 Å². The van der Waals surface area contributed by atoms with E-state index in [1.165, 1.54) is 25.0 Å². The van der Waals surface area contributed by atoms with Gasteiger partial charge in [-0.15, -0.1) is 0 Å². The molecule has 59 valence electrons. The van der Waals surface area contributed by atoms with Crippen LogP contribution in [0.4, 0.5) is 0 Å². The van der Waals surface area contributed by atoms with Gasteiger partial charge in [-0.3, -0.25) is 0 Å². The lowest BCUT2D eigenvalue weighted by atomic mass is 9.93. The molecule has 0 atom stereocenters. The molecule has 1 aromatic heterocycles.